The summed E-state index contributed by atoms with van der Waals surface area (Å²) in [5, 5.41) is 16.1. The molecule has 0 amide bonds. The van der Waals surface area contributed by atoms with E-state index in [-0.39, 0.29) is 11.9 Å². The quantitative estimate of drug-likeness (QED) is 0.134. The van der Waals surface area contributed by atoms with Gasteiger partial charge >= 0.3 is 11.9 Å². The molecule has 0 radical (unpaired) electrons. The molecule has 6 rings (SSSR count). The maximum Gasteiger partial charge on any atom is 0.338 e. The summed E-state index contributed by atoms with van der Waals surface area (Å²) in [6.45, 7) is 0.578. The molecule has 0 aliphatic carbocycles. The van der Waals surface area contributed by atoms with E-state index in [0.29, 0.717) is 23.6 Å². The fourth-order valence-electron chi connectivity index (χ4n) is 3.75. The van der Waals surface area contributed by atoms with E-state index in [1.807, 2.05) is 90.0 Å². The van der Waals surface area contributed by atoms with Crippen molar-refractivity contribution in [1.29, 1.82) is 0 Å². The fraction of sp³-hybridized carbons (Fsp3) is 0.152. The largest absolute Gasteiger partial charge is 0.465 e. The molecule has 0 unspecified atom stereocenters. The molecule has 0 fully saturated rings. The molecule has 0 N–H and O–H groups in total. The van der Waals surface area contributed by atoms with Crippen LogP contribution in [0.3, 0.4) is 0 Å². The van der Waals surface area contributed by atoms with Crippen LogP contribution in [-0.2, 0) is 21.9 Å². The van der Waals surface area contributed by atoms with Gasteiger partial charge in [0.15, 0.2) is 18.9 Å². The topological polar surface area (TPSA) is 131 Å². The molecule has 14 heteroatoms. The Morgan fingerprint density at radius 3 is 1.66 bits per heavy atom. The first-order valence-electron chi connectivity index (χ1n) is 14.5. The minimum Gasteiger partial charge on any atom is -0.465 e. The molecule has 242 valence electrons. The third-order valence-corrected chi connectivity index (χ3v) is 6.29. The van der Waals surface area contributed by atoms with Crippen molar-refractivity contribution in [2.75, 3.05) is 21.4 Å². The van der Waals surface area contributed by atoms with Gasteiger partial charge in [0.2, 0.25) is 0 Å². The number of carbonyl (C=O) groups excluding carboxylic acids is 2. The third-order valence-electron chi connectivity index (χ3n) is 6.02. The first-order chi connectivity index (χ1) is 23.4. The molecule has 4 heterocycles. The maximum absolute atomic E-state index is 11.4. The number of halogens is 2. The van der Waals surface area contributed by atoms with Gasteiger partial charge in [0.1, 0.15) is 5.69 Å². The van der Waals surface area contributed by atoms with E-state index >= 15 is 0 Å². The molecule has 2 aromatic carbocycles. The highest BCUT2D eigenvalue weighted by atomic mass is 35.5. The fourth-order valence-corrected chi connectivity index (χ4v) is 3.88. The number of para-hydroxylation sites is 2. The van der Waals surface area contributed by atoms with Crippen LogP contribution in [0.15, 0.2) is 122 Å². The Kier molecular flexibility index (Phi) is 14.2. The molecule has 0 saturated heterocycles. The monoisotopic (exact) mass is 660 g/mol. The van der Waals surface area contributed by atoms with Crippen LogP contribution in [-0.4, -0.2) is 68.3 Å². The van der Waals surface area contributed by atoms with Gasteiger partial charge in [0.05, 0.1) is 69.2 Å². The minimum atomic E-state index is -1.00. The summed E-state index contributed by atoms with van der Waals surface area (Å²) >= 11 is 5.61. The summed E-state index contributed by atoms with van der Waals surface area (Å²) in [6.07, 6.45) is 10.4. The zero-order valence-corrected chi connectivity index (χ0v) is 26.4. The van der Waals surface area contributed by atoms with Crippen LogP contribution < -0.4 is 4.57 Å². The molecular weight excluding hydrogens is 627 g/mol. The molecule has 6 aromatic rings. The third kappa shape index (κ3) is 11.2. The van der Waals surface area contributed by atoms with Crippen LogP contribution in [0.4, 0.5) is 4.39 Å². The lowest BCUT2D eigenvalue weighted by atomic mass is 10.3. The highest BCUT2D eigenvalue weighted by Gasteiger charge is 2.11. The Bertz CT molecular complexity index is 1800. The van der Waals surface area contributed by atoms with Gasteiger partial charge in [-0.3, -0.25) is 9.37 Å². The second-order valence-electron chi connectivity index (χ2n) is 9.09. The van der Waals surface area contributed by atoms with Gasteiger partial charge in [-0.2, -0.15) is 4.57 Å². The number of hydrogen-bond donors (Lipinski definition) is 0. The maximum atomic E-state index is 11.4. The molecule has 12 nitrogen and oxygen atoms in total. The van der Waals surface area contributed by atoms with Crippen molar-refractivity contribution in [3.63, 3.8) is 0 Å². The van der Waals surface area contributed by atoms with Gasteiger partial charge in [0, 0.05) is 24.5 Å². The van der Waals surface area contributed by atoms with E-state index in [2.05, 4.69) is 35.1 Å². The minimum absolute atomic E-state index is 0.331. The smallest absolute Gasteiger partial charge is 0.338 e. The average molecular weight is 661 g/mol. The summed E-state index contributed by atoms with van der Waals surface area (Å²) in [5.74, 6) is -0.281. The first-order valence-corrected chi connectivity index (χ1v) is 14.4. The number of hydrogen-bond acceptors (Lipinski definition) is 9. The summed E-state index contributed by atoms with van der Waals surface area (Å²) in [7, 11) is 1.72. The van der Waals surface area contributed by atoms with E-state index < -0.39 is 7.15 Å². The zero-order chi connectivity index (χ0) is 34.6. The molecule has 0 atom stereocenters. The molecule has 4 aromatic heterocycles. The molecule has 47 heavy (non-hydrogen) atoms. The number of pyridine rings is 2. The predicted molar refractivity (Wildman–Crippen MR) is 172 cm³/mol. The van der Waals surface area contributed by atoms with Crippen molar-refractivity contribution in [3.8, 4) is 11.4 Å². The second-order valence-corrected chi connectivity index (χ2v) is 9.36. The number of alkyl halides is 2. The Labute approximate surface area is 277 Å². The molecule has 0 saturated carbocycles. The summed E-state index contributed by atoms with van der Waals surface area (Å²) in [5.41, 5.74) is 4.62. The lowest BCUT2D eigenvalue weighted by Gasteiger charge is -1.98. The number of methoxy groups -OCH3 is 2. The van der Waals surface area contributed by atoms with Gasteiger partial charge in [-0.05, 0) is 36.4 Å². The number of benzene rings is 2. The van der Waals surface area contributed by atoms with E-state index in [1.54, 1.807) is 46.0 Å². The molecule has 0 spiro atoms. The standard InChI is InChI=1S/C16H15N4O2.C9H8ClN3.C7H7NO2.CH3F/c1-22-16(21)13-7-9-19(10-8-13)11-14-12-20(18-17-14)15-5-3-2-4-6-15;10-6-8-7-13(12-11-8)9-4-2-1-3-5-9;1-10-7(9)6-2-4-8-5-3-6;1-2/h2-10,12H,11H2,1H3;1-5,7H,6H2;2-5H,1H3;1H3/q+1;;;/i;;;1D. The van der Waals surface area contributed by atoms with Crippen LogP contribution >= 0.6 is 11.6 Å². The van der Waals surface area contributed by atoms with Crippen molar-refractivity contribution < 1.29 is 29.4 Å². The van der Waals surface area contributed by atoms with E-state index in [1.165, 1.54) is 14.2 Å². The van der Waals surface area contributed by atoms with Crippen molar-refractivity contribution in [1.82, 2.24) is 35.0 Å². The van der Waals surface area contributed by atoms with E-state index in [0.717, 1.165) is 22.8 Å². The summed E-state index contributed by atoms with van der Waals surface area (Å²) < 4.78 is 30.0. The number of ether oxygens (including phenoxy) is 2. The van der Waals surface area contributed by atoms with Crippen molar-refractivity contribution >= 4 is 23.5 Å². The van der Waals surface area contributed by atoms with E-state index in [9.17, 15) is 14.0 Å². The van der Waals surface area contributed by atoms with Crippen LogP contribution in [0.25, 0.3) is 11.4 Å². The van der Waals surface area contributed by atoms with Crippen molar-refractivity contribution in [2.45, 2.75) is 12.4 Å². The highest BCUT2D eigenvalue weighted by molar-refractivity contribution is 6.16. The number of carbonyl (C=O) groups is 2. The van der Waals surface area contributed by atoms with Crippen LogP contribution in [0.5, 0.6) is 0 Å². The summed E-state index contributed by atoms with van der Waals surface area (Å²) in [4.78, 5) is 25.9. The molecule has 0 aliphatic rings. The normalized spacial score (nSPS) is 10.0. The summed E-state index contributed by atoms with van der Waals surface area (Å²) in [6, 6.07) is 26.2. The lowest BCUT2D eigenvalue weighted by molar-refractivity contribution is -0.688. The lowest BCUT2D eigenvalue weighted by Crippen LogP contribution is -2.33. The number of aromatic nitrogens is 8. The van der Waals surface area contributed by atoms with Crippen molar-refractivity contribution in [2.24, 2.45) is 0 Å². The molecule has 0 aliphatic heterocycles. The zero-order valence-electron chi connectivity index (χ0n) is 26.6. The number of rotatable bonds is 7. The molecular formula is C33H33ClFN8O4+. The predicted octanol–water partition coefficient (Wildman–Crippen LogP) is 4.85. The Balaban J connectivity index is 0.000000204. The van der Waals surface area contributed by atoms with Gasteiger partial charge in [-0.1, -0.05) is 46.8 Å². The SMILES string of the molecule is COC(=O)c1cc[n+](Cc2cn(-c3ccccc3)nn2)cc1.COC(=O)c1ccncc1.ClCc1cn(-c2ccccc2)nn1.[2H]CF. The van der Waals surface area contributed by atoms with Crippen LogP contribution in [0.2, 0.25) is 0 Å². The van der Waals surface area contributed by atoms with Gasteiger partial charge in [-0.15, -0.1) is 21.8 Å². The Morgan fingerprint density at radius 1 is 0.766 bits per heavy atom. The Morgan fingerprint density at radius 2 is 1.21 bits per heavy atom. The van der Waals surface area contributed by atoms with Crippen LogP contribution in [0, 0.1) is 0 Å². The highest BCUT2D eigenvalue weighted by Crippen LogP contribution is 2.07. The van der Waals surface area contributed by atoms with Crippen LogP contribution in [0.1, 0.15) is 33.5 Å². The van der Waals surface area contributed by atoms with Gasteiger partial charge in [-0.25, -0.2) is 19.0 Å². The molecule has 0 bridgehead atoms. The average Bonchev–Trinajstić information content (AvgIpc) is 3.84. The van der Waals surface area contributed by atoms with Gasteiger partial charge < -0.3 is 9.47 Å². The van der Waals surface area contributed by atoms with Gasteiger partial charge in [0.25, 0.3) is 0 Å². The number of esters is 2. The van der Waals surface area contributed by atoms with E-state index in [4.69, 9.17) is 13.0 Å². The number of nitrogens with zero attached hydrogens (tertiary/aromatic N) is 8. The van der Waals surface area contributed by atoms with Crippen molar-refractivity contribution in [3.05, 3.63) is 145 Å². The first kappa shape index (κ1) is 34.1. The second kappa shape index (κ2) is 19.5. The Hall–Kier alpha value is -5.82.